The number of nitrogens with zero attached hydrogens (tertiary/aromatic N) is 2. The zero-order valence-corrected chi connectivity index (χ0v) is 17.2. The van der Waals surface area contributed by atoms with Gasteiger partial charge in [0.25, 0.3) is 5.82 Å². The summed E-state index contributed by atoms with van der Waals surface area (Å²) < 4.78 is 9.28. The van der Waals surface area contributed by atoms with Crippen LogP contribution in [0, 0.1) is 20.8 Å². The number of fused-ring (bicyclic) bond motifs is 1. The highest BCUT2D eigenvalue weighted by Gasteiger charge is 2.25. The van der Waals surface area contributed by atoms with Crippen LogP contribution in [0.15, 0.2) is 36.4 Å². The number of aryl methyl sites for hydroxylation is 3. The highest BCUT2D eigenvalue weighted by atomic mass is 16.5. The van der Waals surface area contributed by atoms with E-state index in [0.29, 0.717) is 12.2 Å². The van der Waals surface area contributed by atoms with E-state index in [2.05, 4.69) is 11.5 Å². The topological polar surface area (TPSA) is 52.2 Å². The largest absolute Gasteiger partial charge is 0.462 e. The third-order valence-electron chi connectivity index (χ3n) is 5.15. The Balaban J connectivity index is 2.08. The number of hydrogen-bond donors (Lipinski definition) is 0. The molecule has 0 aliphatic rings. The number of benzene rings is 2. The molecule has 0 unspecified atom stereocenters. The van der Waals surface area contributed by atoms with Crippen molar-refractivity contribution in [1.82, 2.24) is 4.57 Å². The SMILES string of the molecule is CCOC(=O)c1ccc2c(c1)n(CC(=O)c1ccc(C)cc1C)c(C)[n+]2CC. The Morgan fingerprint density at radius 2 is 1.79 bits per heavy atom. The number of aromatic nitrogens is 2. The van der Waals surface area contributed by atoms with Crippen molar-refractivity contribution in [3.63, 3.8) is 0 Å². The Kier molecular flexibility index (Phi) is 5.63. The van der Waals surface area contributed by atoms with Crippen LogP contribution in [0.5, 0.6) is 0 Å². The van der Waals surface area contributed by atoms with E-state index in [4.69, 9.17) is 4.74 Å². The quantitative estimate of drug-likeness (QED) is 0.370. The van der Waals surface area contributed by atoms with Crippen molar-refractivity contribution in [3.05, 3.63) is 64.5 Å². The van der Waals surface area contributed by atoms with Crippen molar-refractivity contribution in [1.29, 1.82) is 0 Å². The van der Waals surface area contributed by atoms with E-state index >= 15 is 0 Å². The van der Waals surface area contributed by atoms with Crippen LogP contribution >= 0.6 is 0 Å². The summed E-state index contributed by atoms with van der Waals surface area (Å²) in [6.45, 7) is 11.2. The van der Waals surface area contributed by atoms with Gasteiger partial charge >= 0.3 is 5.97 Å². The van der Waals surface area contributed by atoms with Crippen molar-refractivity contribution in [2.24, 2.45) is 0 Å². The van der Waals surface area contributed by atoms with Gasteiger partial charge in [0.2, 0.25) is 5.78 Å². The molecule has 1 heterocycles. The maximum atomic E-state index is 13.0. The second-order valence-corrected chi connectivity index (χ2v) is 7.04. The van der Waals surface area contributed by atoms with Gasteiger partial charge in [-0.3, -0.25) is 4.79 Å². The van der Waals surface area contributed by atoms with Crippen molar-refractivity contribution in [3.8, 4) is 0 Å². The van der Waals surface area contributed by atoms with Gasteiger partial charge in [-0.2, -0.15) is 0 Å². The van der Waals surface area contributed by atoms with Crippen LogP contribution < -0.4 is 4.57 Å². The second-order valence-electron chi connectivity index (χ2n) is 7.04. The molecule has 0 spiro atoms. The van der Waals surface area contributed by atoms with Crippen LogP contribution in [0.2, 0.25) is 0 Å². The number of esters is 1. The summed E-state index contributed by atoms with van der Waals surface area (Å²) >= 11 is 0. The maximum Gasteiger partial charge on any atom is 0.338 e. The van der Waals surface area contributed by atoms with Crippen LogP contribution in [0.1, 0.15) is 51.5 Å². The standard InChI is InChI=1S/C23H27N2O3/c1-6-24-17(5)25(14-22(26)19-10-8-15(3)12-16(19)4)21-13-18(9-11-20(21)24)23(27)28-7-2/h8-13H,6-7,14H2,1-5H3/q+1. The maximum absolute atomic E-state index is 13.0. The number of carbonyl (C=O) groups excluding carboxylic acids is 2. The van der Waals surface area contributed by atoms with Crippen molar-refractivity contribution in [2.75, 3.05) is 6.61 Å². The first-order chi connectivity index (χ1) is 13.4. The molecule has 3 aromatic rings. The van der Waals surface area contributed by atoms with Crippen LogP contribution in [-0.4, -0.2) is 22.9 Å². The molecule has 2 aromatic carbocycles. The Labute approximate surface area is 165 Å². The van der Waals surface area contributed by atoms with Crippen LogP contribution in [0.25, 0.3) is 11.0 Å². The van der Waals surface area contributed by atoms with E-state index < -0.39 is 0 Å². The minimum Gasteiger partial charge on any atom is -0.462 e. The highest BCUT2D eigenvalue weighted by molar-refractivity contribution is 5.98. The molecule has 0 saturated carbocycles. The molecule has 0 aliphatic carbocycles. The van der Waals surface area contributed by atoms with E-state index in [-0.39, 0.29) is 18.3 Å². The van der Waals surface area contributed by atoms with Crippen molar-refractivity contribution < 1.29 is 18.9 Å². The average molecular weight is 379 g/mol. The molecular formula is C23H27N2O3+. The molecule has 5 nitrogen and oxygen atoms in total. The van der Waals surface area contributed by atoms with Gasteiger partial charge in [0.1, 0.15) is 0 Å². The Hall–Kier alpha value is -2.95. The summed E-state index contributed by atoms with van der Waals surface area (Å²) in [5, 5.41) is 0. The first kappa shape index (κ1) is 19.8. The summed E-state index contributed by atoms with van der Waals surface area (Å²) in [4.78, 5) is 25.2. The van der Waals surface area contributed by atoms with Gasteiger partial charge in [0.15, 0.2) is 17.6 Å². The number of ketones is 1. The molecule has 0 N–H and O–H groups in total. The first-order valence-electron chi connectivity index (χ1n) is 9.67. The molecular weight excluding hydrogens is 352 g/mol. The van der Waals surface area contributed by atoms with Gasteiger partial charge in [0, 0.05) is 18.6 Å². The molecule has 1 aromatic heterocycles. The summed E-state index contributed by atoms with van der Waals surface area (Å²) in [6, 6.07) is 11.4. The fraction of sp³-hybridized carbons (Fsp3) is 0.348. The molecule has 0 bridgehead atoms. The number of Topliss-reactive ketones (excluding diaryl/α,β-unsaturated/α-hetero) is 1. The molecule has 0 atom stereocenters. The third kappa shape index (κ3) is 3.57. The molecule has 28 heavy (non-hydrogen) atoms. The third-order valence-corrected chi connectivity index (χ3v) is 5.15. The second kappa shape index (κ2) is 7.97. The van der Waals surface area contributed by atoms with Crippen LogP contribution in [0.4, 0.5) is 0 Å². The van der Waals surface area contributed by atoms with Gasteiger partial charge in [-0.15, -0.1) is 0 Å². The Bertz CT molecular complexity index is 1060. The summed E-state index contributed by atoms with van der Waals surface area (Å²) in [6.07, 6.45) is 0. The lowest BCUT2D eigenvalue weighted by Gasteiger charge is -2.06. The summed E-state index contributed by atoms with van der Waals surface area (Å²) in [5.41, 5.74) is 5.21. The lowest BCUT2D eigenvalue weighted by molar-refractivity contribution is -0.674. The lowest BCUT2D eigenvalue weighted by atomic mass is 10.0. The van der Waals surface area contributed by atoms with Crippen molar-refractivity contribution in [2.45, 2.75) is 47.7 Å². The smallest absolute Gasteiger partial charge is 0.338 e. The molecule has 0 aliphatic heterocycles. The predicted octanol–water partition coefficient (Wildman–Crippen LogP) is 3.93. The molecule has 0 radical (unpaired) electrons. The van der Waals surface area contributed by atoms with E-state index in [9.17, 15) is 9.59 Å². The fourth-order valence-electron chi connectivity index (χ4n) is 3.76. The molecule has 5 heteroatoms. The van der Waals surface area contributed by atoms with Crippen LogP contribution in [0.3, 0.4) is 0 Å². The first-order valence-corrected chi connectivity index (χ1v) is 9.67. The number of imidazole rings is 1. The molecule has 0 amide bonds. The van der Waals surface area contributed by atoms with E-state index in [1.165, 1.54) is 0 Å². The summed E-state index contributed by atoms with van der Waals surface area (Å²) in [5.74, 6) is 0.692. The van der Waals surface area contributed by atoms with Gasteiger partial charge in [-0.05, 0) is 45.4 Å². The molecule has 0 fully saturated rings. The van der Waals surface area contributed by atoms with Crippen molar-refractivity contribution >= 4 is 22.8 Å². The van der Waals surface area contributed by atoms with Gasteiger partial charge in [-0.25, -0.2) is 13.9 Å². The van der Waals surface area contributed by atoms with E-state index in [0.717, 1.165) is 40.1 Å². The lowest BCUT2D eigenvalue weighted by Crippen LogP contribution is -2.35. The minimum absolute atomic E-state index is 0.0577. The minimum atomic E-state index is -0.349. The highest BCUT2D eigenvalue weighted by Crippen LogP contribution is 2.19. The number of carbonyl (C=O) groups is 2. The number of rotatable bonds is 6. The number of ether oxygens (including phenoxy) is 1. The molecule has 3 rings (SSSR count). The monoisotopic (exact) mass is 379 g/mol. The van der Waals surface area contributed by atoms with Gasteiger partial charge in [-0.1, -0.05) is 23.8 Å². The average Bonchev–Trinajstić information content (AvgIpc) is 2.92. The Morgan fingerprint density at radius 1 is 1.04 bits per heavy atom. The fourth-order valence-corrected chi connectivity index (χ4v) is 3.76. The zero-order valence-electron chi connectivity index (χ0n) is 17.2. The normalized spacial score (nSPS) is 11.0. The molecule has 0 saturated heterocycles. The van der Waals surface area contributed by atoms with Gasteiger partial charge in [0.05, 0.1) is 18.7 Å². The van der Waals surface area contributed by atoms with E-state index in [1.54, 1.807) is 13.0 Å². The predicted molar refractivity (Wildman–Crippen MR) is 109 cm³/mol. The summed E-state index contributed by atoms with van der Waals surface area (Å²) in [7, 11) is 0. The molecule has 146 valence electrons. The Morgan fingerprint density at radius 3 is 2.43 bits per heavy atom. The van der Waals surface area contributed by atoms with Crippen LogP contribution in [-0.2, 0) is 17.8 Å². The van der Waals surface area contributed by atoms with Gasteiger partial charge < -0.3 is 4.74 Å². The number of hydrogen-bond acceptors (Lipinski definition) is 3. The zero-order chi connectivity index (χ0) is 20.4. The van der Waals surface area contributed by atoms with E-state index in [1.807, 2.05) is 55.7 Å².